The number of carbonyl (C=O) groups is 2. The number of pyridine rings is 1. The molecule has 0 radical (unpaired) electrons. The number of rotatable bonds is 5. The molecule has 1 aromatic rings. The lowest BCUT2D eigenvalue weighted by molar-refractivity contribution is -0.138. The van der Waals surface area contributed by atoms with Gasteiger partial charge in [0.15, 0.2) is 0 Å². The topological polar surface area (TPSA) is 79.3 Å². The van der Waals surface area contributed by atoms with Crippen molar-refractivity contribution < 1.29 is 14.7 Å². The van der Waals surface area contributed by atoms with Gasteiger partial charge in [-0.3, -0.25) is 14.6 Å². The van der Waals surface area contributed by atoms with Crippen molar-refractivity contribution >= 4 is 11.9 Å². The van der Waals surface area contributed by atoms with Gasteiger partial charge in [0.1, 0.15) is 0 Å². The van der Waals surface area contributed by atoms with Crippen molar-refractivity contribution in [2.75, 3.05) is 0 Å². The standard InChI is InChI=1S/C11H14N2O3/c1-8-3-2-4-9(13-8)7-12-10(14)5-6-11(15)16/h2-4H,5-7H2,1H3,(H,12,14)(H,15,16). The molecule has 0 aromatic carbocycles. The Morgan fingerprint density at radius 1 is 1.38 bits per heavy atom. The Kier molecular flexibility index (Phi) is 4.44. The zero-order valence-corrected chi connectivity index (χ0v) is 9.06. The molecule has 5 heteroatoms. The highest BCUT2D eigenvalue weighted by Gasteiger charge is 2.05. The minimum absolute atomic E-state index is 0.00114. The number of nitrogens with zero attached hydrogens (tertiary/aromatic N) is 1. The van der Waals surface area contributed by atoms with Crippen molar-refractivity contribution in [2.45, 2.75) is 26.3 Å². The van der Waals surface area contributed by atoms with E-state index in [4.69, 9.17) is 5.11 Å². The van der Waals surface area contributed by atoms with E-state index in [2.05, 4.69) is 10.3 Å². The number of aliphatic carboxylic acids is 1. The molecule has 1 heterocycles. The van der Waals surface area contributed by atoms with Gasteiger partial charge in [-0.05, 0) is 19.1 Å². The largest absolute Gasteiger partial charge is 0.481 e. The van der Waals surface area contributed by atoms with Gasteiger partial charge in [0, 0.05) is 12.1 Å². The van der Waals surface area contributed by atoms with E-state index in [1.165, 1.54) is 0 Å². The summed E-state index contributed by atoms with van der Waals surface area (Å²) in [7, 11) is 0. The number of amides is 1. The number of nitrogens with one attached hydrogen (secondary N) is 1. The van der Waals surface area contributed by atoms with E-state index in [1.807, 2.05) is 25.1 Å². The Balaban J connectivity index is 2.34. The van der Waals surface area contributed by atoms with Gasteiger partial charge in [-0.2, -0.15) is 0 Å². The fraction of sp³-hybridized carbons (Fsp3) is 0.364. The number of aromatic nitrogens is 1. The summed E-state index contributed by atoms with van der Waals surface area (Å²) >= 11 is 0. The molecule has 0 aliphatic carbocycles. The second-order valence-electron chi connectivity index (χ2n) is 3.44. The second-order valence-corrected chi connectivity index (χ2v) is 3.44. The lowest BCUT2D eigenvalue weighted by Crippen LogP contribution is -2.23. The van der Waals surface area contributed by atoms with Crippen LogP contribution >= 0.6 is 0 Å². The summed E-state index contributed by atoms with van der Waals surface area (Å²) < 4.78 is 0. The molecule has 86 valence electrons. The number of carboxylic acids is 1. The molecule has 16 heavy (non-hydrogen) atoms. The molecule has 0 fully saturated rings. The molecule has 0 saturated carbocycles. The first-order valence-electron chi connectivity index (χ1n) is 4.99. The van der Waals surface area contributed by atoms with Crippen LogP contribution < -0.4 is 5.32 Å². The molecule has 5 nitrogen and oxygen atoms in total. The smallest absolute Gasteiger partial charge is 0.303 e. The van der Waals surface area contributed by atoms with Gasteiger partial charge in [0.05, 0.1) is 18.7 Å². The van der Waals surface area contributed by atoms with Crippen molar-refractivity contribution in [1.29, 1.82) is 0 Å². The Morgan fingerprint density at radius 2 is 2.12 bits per heavy atom. The van der Waals surface area contributed by atoms with Crippen LogP contribution in [0.4, 0.5) is 0 Å². The van der Waals surface area contributed by atoms with Crippen molar-refractivity contribution in [3.63, 3.8) is 0 Å². The fourth-order valence-electron chi connectivity index (χ4n) is 1.20. The van der Waals surface area contributed by atoms with E-state index in [1.54, 1.807) is 0 Å². The summed E-state index contributed by atoms with van der Waals surface area (Å²) in [4.78, 5) is 25.6. The summed E-state index contributed by atoms with van der Waals surface area (Å²) in [6.45, 7) is 2.20. The molecule has 1 aromatic heterocycles. The first-order chi connectivity index (χ1) is 7.58. The lowest BCUT2D eigenvalue weighted by Gasteiger charge is -2.04. The zero-order chi connectivity index (χ0) is 12.0. The van der Waals surface area contributed by atoms with Crippen LogP contribution in [-0.4, -0.2) is 22.0 Å². The average molecular weight is 222 g/mol. The molecular formula is C11H14N2O3. The molecule has 0 aliphatic heterocycles. The van der Waals surface area contributed by atoms with Crippen LogP contribution in [-0.2, 0) is 16.1 Å². The molecule has 0 spiro atoms. The molecule has 1 rings (SSSR count). The fourth-order valence-corrected chi connectivity index (χ4v) is 1.20. The van der Waals surface area contributed by atoms with Gasteiger partial charge < -0.3 is 10.4 Å². The minimum atomic E-state index is -0.969. The van der Waals surface area contributed by atoms with Crippen molar-refractivity contribution in [3.05, 3.63) is 29.6 Å². The van der Waals surface area contributed by atoms with Crippen LogP contribution in [0, 0.1) is 6.92 Å². The van der Waals surface area contributed by atoms with Crippen LogP contribution in [0.3, 0.4) is 0 Å². The van der Waals surface area contributed by atoms with Crippen LogP contribution in [0.5, 0.6) is 0 Å². The molecule has 1 amide bonds. The van der Waals surface area contributed by atoms with E-state index in [0.29, 0.717) is 6.54 Å². The summed E-state index contributed by atoms with van der Waals surface area (Å²) in [6, 6.07) is 5.54. The van der Waals surface area contributed by atoms with Gasteiger partial charge in [-0.15, -0.1) is 0 Å². The predicted octanol–water partition coefficient (Wildman–Crippen LogP) is 0.871. The van der Waals surface area contributed by atoms with Crippen molar-refractivity contribution in [3.8, 4) is 0 Å². The maximum Gasteiger partial charge on any atom is 0.303 e. The van der Waals surface area contributed by atoms with Crippen LogP contribution in [0.1, 0.15) is 24.2 Å². The number of carbonyl (C=O) groups excluding carboxylic acids is 1. The third-order valence-electron chi connectivity index (χ3n) is 1.98. The van der Waals surface area contributed by atoms with E-state index < -0.39 is 5.97 Å². The number of hydrogen-bond acceptors (Lipinski definition) is 3. The summed E-state index contributed by atoms with van der Waals surface area (Å²) in [5.41, 5.74) is 1.65. The Morgan fingerprint density at radius 3 is 2.75 bits per heavy atom. The highest BCUT2D eigenvalue weighted by atomic mass is 16.4. The summed E-state index contributed by atoms with van der Waals surface area (Å²) in [6.07, 6.45) is -0.145. The Hall–Kier alpha value is -1.91. The van der Waals surface area contributed by atoms with E-state index in [-0.39, 0.29) is 18.7 Å². The van der Waals surface area contributed by atoms with E-state index in [9.17, 15) is 9.59 Å². The van der Waals surface area contributed by atoms with Crippen molar-refractivity contribution in [1.82, 2.24) is 10.3 Å². The quantitative estimate of drug-likeness (QED) is 0.774. The molecular weight excluding hydrogens is 208 g/mol. The van der Waals surface area contributed by atoms with Crippen LogP contribution in [0.25, 0.3) is 0 Å². The van der Waals surface area contributed by atoms with Gasteiger partial charge in [0.2, 0.25) is 5.91 Å². The third-order valence-corrected chi connectivity index (χ3v) is 1.98. The predicted molar refractivity (Wildman–Crippen MR) is 57.7 cm³/mol. The normalized spacial score (nSPS) is 9.81. The summed E-state index contributed by atoms with van der Waals surface area (Å²) in [5.74, 6) is -1.24. The number of hydrogen-bond donors (Lipinski definition) is 2. The highest BCUT2D eigenvalue weighted by molar-refractivity contribution is 5.80. The molecule has 0 atom stereocenters. The van der Waals surface area contributed by atoms with Crippen LogP contribution in [0.2, 0.25) is 0 Å². The minimum Gasteiger partial charge on any atom is -0.481 e. The average Bonchev–Trinajstić information content (AvgIpc) is 2.23. The molecule has 0 saturated heterocycles. The molecule has 0 unspecified atom stereocenters. The van der Waals surface area contributed by atoms with Gasteiger partial charge in [-0.25, -0.2) is 0 Å². The maximum absolute atomic E-state index is 11.2. The van der Waals surface area contributed by atoms with Gasteiger partial charge >= 0.3 is 5.97 Å². The van der Waals surface area contributed by atoms with E-state index >= 15 is 0 Å². The lowest BCUT2D eigenvalue weighted by atomic mass is 10.3. The first kappa shape index (κ1) is 12.2. The number of aryl methyl sites for hydroxylation is 1. The highest BCUT2D eigenvalue weighted by Crippen LogP contribution is 1.98. The number of carboxylic acid groups (broad SMARTS) is 1. The molecule has 0 aliphatic rings. The molecule has 2 N–H and O–H groups in total. The third kappa shape index (κ3) is 4.54. The van der Waals surface area contributed by atoms with Gasteiger partial charge in [-0.1, -0.05) is 6.07 Å². The SMILES string of the molecule is Cc1cccc(CNC(=O)CCC(=O)O)n1. The van der Waals surface area contributed by atoms with E-state index in [0.717, 1.165) is 11.4 Å². The zero-order valence-electron chi connectivity index (χ0n) is 9.06. The van der Waals surface area contributed by atoms with Gasteiger partial charge in [0.25, 0.3) is 0 Å². The Bertz CT molecular complexity index is 391. The maximum atomic E-state index is 11.2. The van der Waals surface area contributed by atoms with Crippen LogP contribution in [0.15, 0.2) is 18.2 Å². The monoisotopic (exact) mass is 222 g/mol. The Labute approximate surface area is 93.5 Å². The second kappa shape index (κ2) is 5.85. The molecule has 0 bridgehead atoms. The summed E-state index contributed by atoms with van der Waals surface area (Å²) in [5, 5.41) is 11.0. The first-order valence-corrected chi connectivity index (χ1v) is 4.99. The van der Waals surface area contributed by atoms with Crippen molar-refractivity contribution in [2.24, 2.45) is 0 Å².